The van der Waals surface area contributed by atoms with Crippen LogP contribution in [0, 0.1) is 11.6 Å². The number of carboxylic acid groups (broad SMARTS) is 1. The van der Waals surface area contributed by atoms with Crippen molar-refractivity contribution in [2.24, 2.45) is 0 Å². The molecule has 0 unspecified atom stereocenters. The largest absolute Gasteiger partial charge is 0.544 e. The van der Waals surface area contributed by atoms with Crippen molar-refractivity contribution in [3.05, 3.63) is 29.8 Å². The maximum absolute atomic E-state index is 13.4. The van der Waals surface area contributed by atoms with E-state index in [2.05, 4.69) is 5.32 Å². The molecule has 0 bridgehead atoms. The molecule has 0 spiro atoms. The normalized spacial score (nSPS) is 12.2. The zero-order chi connectivity index (χ0) is 17.4. The number of aliphatic carboxylic acids is 1. The van der Waals surface area contributed by atoms with Crippen LogP contribution in [0.15, 0.2) is 18.2 Å². The van der Waals surface area contributed by atoms with Gasteiger partial charge in [0.15, 0.2) is 0 Å². The summed E-state index contributed by atoms with van der Waals surface area (Å²) in [6.45, 7) is 1.42. The number of anilines is 1. The summed E-state index contributed by atoms with van der Waals surface area (Å²) in [4.78, 5) is 24.1. The molecule has 0 fully saturated rings. The van der Waals surface area contributed by atoms with Gasteiger partial charge in [-0.2, -0.15) is 0 Å². The van der Waals surface area contributed by atoms with E-state index in [4.69, 9.17) is 0 Å². The van der Waals surface area contributed by atoms with Crippen LogP contribution in [-0.4, -0.2) is 45.1 Å². The Kier molecular flexibility index (Phi) is 7.56. The van der Waals surface area contributed by atoms with Gasteiger partial charge in [0, 0.05) is 12.5 Å². The SMILES string of the molecule is C[NH+](C)CCC[NH2+][C@@H](CC(=O)Nc1ccc(F)cc1F)C(=O)[O-]. The Balaban J connectivity index is 2.52. The highest BCUT2D eigenvalue weighted by molar-refractivity contribution is 5.93. The average Bonchev–Trinajstić information content (AvgIpc) is 2.44. The van der Waals surface area contributed by atoms with E-state index < -0.39 is 29.6 Å². The van der Waals surface area contributed by atoms with Gasteiger partial charge in [0.25, 0.3) is 0 Å². The first-order valence-corrected chi connectivity index (χ1v) is 7.37. The van der Waals surface area contributed by atoms with Gasteiger partial charge in [-0.25, -0.2) is 8.78 Å². The molecule has 1 aromatic carbocycles. The second kappa shape index (κ2) is 9.16. The Bertz CT molecular complexity index is 553. The van der Waals surface area contributed by atoms with Crippen LogP contribution in [0.5, 0.6) is 0 Å². The Labute approximate surface area is 133 Å². The van der Waals surface area contributed by atoms with E-state index in [9.17, 15) is 23.5 Å². The van der Waals surface area contributed by atoms with Crippen molar-refractivity contribution >= 4 is 17.6 Å². The fraction of sp³-hybridized carbons (Fsp3) is 0.467. The number of hydrogen-bond donors (Lipinski definition) is 3. The van der Waals surface area contributed by atoms with E-state index in [0.29, 0.717) is 12.6 Å². The van der Waals surface area contributed by atoms with Gasteiger partial charge in [-0.05, 0) is 12.1 Å². The number of quaternary nitrogens is 2. The Morgan fingerprint density at radius 2 is 2.04 bits per heavy atom. The Hall–Kier alpha value is -2.06. The molecule has 0 aliphatic carbocycles. The molecule has 0 heterocycles. The van der Waals surface area contributed by atoms with Gasteiger partial charge in [0.2, 0.25) is 5.91 Å². The predicted molar refractivity (Wildman–Crippen MR) is 77.5 cm³/mol. The highest BCUT2D eigenvalue weighted by atomic mass is 19.1. The molecule has 23 heavy (non-hydrogen) atoms. The van der Waals surface area contributed by atoms with Gasteiger partial charge < -0.3 is 25.4 Å². The lowest BCUT2D eigenvalue weighted by atomic mass is 10.2. The topological polar surface area (TPSA) is 90.3 Å². The van der Waals surface area contributed by atoms with E-state index >= 15 is 0 Å². The van der Waals surface area contributed by atoms with Crippen LogP contribution in [-0.2, 0) is 9.59 Å². The molecule has 1 atom stereocenters. The monoisotopic (exact) mass is 330 g/mol. The van der Waals surface area contributed by atoms with Crippen molar-refractivity contribution < 1.29 is 33.7 Å². The van der Waals surface area contributed by atoms with Gasteiger partial charge in [-0.15, -0.1) is 0 Å². The highest BCUT2D eigenvalue weighted by Crippen LogP contribution is 2.15. The van der Waals surface area contributed by atoms with Gasteiger partial charge in [-0.3, -0.25) is 4.79 Å². The molecular formula is C15H22F2N3O3+. The smallest absolute Gasteiger partial charge is 0.230 e. The third-order valence-electron chi connectivity index (χ3n) is 3.25. The second-order valence-electron chi connectivity index (χ2n) is 5.64. The minimum absolute atomic E-state index is 0.190. The maximum Gasteiger partial charge on any atom is 0.230 e. The third-order valence-corrected chi connectivity index (χ3v) is 3.25. The summed E-state index contributed by atoms with van der Waals surface area (Å²) < 4.78 is 26.2. The van der Waals surface area contributed by atoms with Crippen LogP contribution < -0.4 is 20.6 Å². The summed E-state index contributed by atoms with van der Waals surface area (Å²) in [6.07, 6.45) is 0.439. The number of carbonyl (C=O) groups excluding carboxylic acids is 2. The molecule has 1 rings (SSSR count). The van der Waals surface area contributed by atoms with Crippen molar-refractivity contribution in [3.63, 3.8) is 0 Å². The maximum atomic E-state index is 13.4. The summed E-state index contributed by atoms with van der Waals surface area (Å²) in [5.41, 5.74) is -0.190. The number of benzene rings is 1. The third kappa shape index (κ3) is 7.16. The molecule has 0 saturated carbocycles. The molecule has 6 nitrogen and oxygen atoms in total. The first-order chi connectivity index (χ1) is 10.8. The van der Waals surface area contributed by atoms with Gasteiger partial charge in [0.1, 0.15) is 17.7 Å². The number of nitrogens with one attached hydrogen (secondary N) is 2. The number of halogens is 2. The average molecular weight is 330 g/mol. The molecule has 1 aromatic rings. The summed E-state index contributed by atoms with van der Waals surface area (Å²) in [5, 5.41) is 14.8. The highest BCUT2D eigenvalue weighted by Gasteiger charge is 2.19. The number of amides is 1. The molecule has 128 valence electrons. The zero-order valence-electron chi connectivity index (χ0n) is 13.2. The molecule has 1 amide bonds. The molecule has 0 aliphatic heterocycles. The lowest BCUT2D eigenvalue weighted by Gasteiger charge is -2.16. The molecule has 4 N–H and O–H groups in total. The van der Waals surface area contributed by atoms with Gasteiger partial charge in [-0.1, -0.05) is 0 Å². The summed E-state index contributed by atoms with van der Waals surface area (Å²) in [6, 6.07) is 1.68. The van der Waals surface area contributed by atoms with E-state index in [1.165, 1.54) is 10.2 Å². The summed E-state index contributed by atoms with van der Waals surface area (Å²) >= 11 is 0. The fourth-order valence-electron chi connectivity index (χ4n) is 2.03. The van der Waals surface area contributed by atoms with Gasteiger partial charge in [0.05, 0.1) is 45.3 Å². The van der Waals surface area contributed by atoms with E-state index in [1.54, 1.807) is 0 Å². The van der Waals surface area contributed by atoms with Gasteiger partial charge >= 0.3 is 0 Å². The van der Waals surface area contributed by atoms with Crippen LogP contribution >= 0.6 is 0 Å². The van der Waals surface area contributed by atoms with Crippen LogP contribution in [0.2, 0.25) is 0 Å². The van der Waals surface area contributed by atoms with E-state index in [0.717, 1.165) is 25.1 Å². The fourth-order valence-corrected chi connectivity index (χ4v) is 2.03. The molecule has 0 aliphatic rings. The summed E-state index contributed by atoms with van der Waals surface area (Å²) in [5.74, 6) is -3.69. The second-order valence-corrected chi connectivity index (χ2v) is 5.64. The van der Waals surface area contributed by atoms with Crippen molar-refractivity contribution in [2.45, 2.75) is 18.9 Å². The zero-order valence-corrected chi connectivity index (χ0v) is 13.2. The van der Waals surface area contributed by atoms with Crippen LogP contribution in [0.1, 0.15) is 12.8 Å². The van der Waals surface area contributed by atoms with Crippen molar-refractivity contribution in [1.29, 1.82) is 0 Å². The minimum atomic E-state index is -1.35. The lowest BCUT2D eigenvalue weighted by Crippen LogP contribution is -3.06. The van der Waals surface area contributed by atoms with Crippen molar-refractivity contribution in [3.8, 4) is 0 Å². The van der Waals surface area contributed by atoms with Crippen LogP contribution in [0.4, 0.5) is 14.5 Å². The molecule has 0 saturated heterocycles. The van der Waals surface area contributed by atoms with Crippen molar-refractivity contribution in [2.75, 3.05) is 32.5 Å². The number of nitrogens with two attached hydrogens (primary N) is 1. The number of carbonyl (C=O) groups is 2. The quantitative estimate of drug-likeness (QED) is 0.438. The Morgan fingerprint density at radius 3 is 2.61 bits per heavy atom. The first kappa shape index (κ1) is 19.0. The standard InChI is InChI=1S/C15H21F2N3O3/c1-20(2)7-3-6-18-13(15(22)23)9-14(21)19-12-5-4-10(16)8-11(12)17/h4-5,8,13,18H,3,6-7,9H2,1-2H3,(H,19,21)(H,22,23)/p+1/t13-/m0/s1. The van der Waals surface area contributed by atoms with Crippen LogP contribution in [0.3, 0.4) is 0 Å². The minimum Gasteiger partial charge on any atom is -0.544 e. The molecule has 8 heteroatoms. The van der Waals surface area contributed by atoms with E-state index in [1.807, 2.05) is 14.1 Å². The van der Waals surface area contributed by atoms with Crippen molar-refractivity contribution in [1.82, 2.24) is 0 Å². The van der Waals surface area contributed by atoms with Crippen LogP contribution in [0.25, 0.3) is 0 Å². The number of hydrogen-bond acceptors (Lipinski definition) is 3. The summed E-state index contributed by atoms with van der Waals surface area (Å²) in [7, 11) is 3.97. The van der Waals surface area contributed by atoms with E-state index in [-0.39, 0.29) is 12.1 Å². The predicted octanol–water partition coefficient (Wildman–Crippen LogP) is -2.49. The lowest BCUT2D eigenvalue weighted by molar-refractivity contribution is -0.860. The molecule has 0 aromatic heterocycles. The Morgan fingerprint density at radius 1 is 1.35 bits per heavy atom. The number of rotatable bonds is 9. The molecule has 0 radical (unpaired) electrons. The number of carboxylic acids is 1. The molecular weight excluding hydrogens is 308 g/mol. The first-order valence-electron chi connectivity index (χ1n) is 7.37.